The summed E-state index contributed by atoms with van der Waals surface area (Å²) in [5.74, 6) is 0. The maximum atomic E-state index is 11.7. The number of anilines is 1. The Morgan fingerprint density at radius 1 is 1.12 bits per heavy atom. The Balaban J connectivity index is 1.82. The van der Waals surface area contributed by atoms with Gasteiger partial charge in [-0.2, -0.15) is 0 Å². The molecule has 3 nitrogen and oxygen atoms in total. The average Bonchev–Trinajstić information content (AvgIpc) is 2.33. The van der Waals surface area contributed by atoms with E-state index in [4.69, 9.17) is 0 Å². The van der Waals surface area contributed by atoms with Crippen LogP contribution in [0.15, 0.2) is 29.2 Å². The predicted molar refractivity (Wildman–Crippen MR) is 72.7 cm³/mol. The minimum atomic E-state index is -0.108. The second-order valence-corrected chi connectivity index (χ2v) is 5.00. The predicted octanol–water partition coefficient (Wildman–Crippen LogP) is 3.43. The smallest absolute Gasteiger partial charge is 0.319 e. The third-order valence-electron chi connectivity index (χ3n) is 3.07. The molecule has 0 aromatic heterocycles. The molecule has 0 atom stereocenters. The van der Waals surface area contributed by atoms with Crippen molar-refractivity contribution in [3.63, 3.8) is 0 Å². The molecule has 1 saturated carbocycles. The fourth-order valence-electron chi connectivity index (χ4n) is 2.14. The molecule has 17 heavy (non-hydrogen) atoms. The molecule has 1 aromatic rings. The molecule has 1 aliphatic carbocycles. The molecule has 0 saturated heterocycles. The topological polar surface area (TPSA) is 41.1 Å². The van der Waals surface area contributed by atoms with Crippen molar-refractivity contribution in [1.29, 1.82) is 0 Å². The van der Waals surface area contributed by atoms with E-state index in [-0.39, 0.29) is 6.03 Å². The molecule has 0 heterocycles. The fraction of sp³-hybridized carbons (Fsp3) is 0.462. The summed E-state index contributed by atoms with van der Waals surface area (Å²) >= 11 is 4.20. The highest BCUT2D eigenvalue weighted by molar-refractivity contribution is 7.80. The van der Waals surface area contributed by atoms with Gasteiger partial charge in [-0.15, -0.1) is 12.6 Å². The molecule has 0 bridgehead atoms. The monoisotopic (exact) mass is 250 g/mol. The molecule has 1 aliphatic rings. The van der Waals surface area contributed by atoms with Crippen molar-refractivity contribution in [2.75, 3.05) is 5.32 Å². The number of amides is 2. The molecule has 0 unspecified atom stereocenters. The number of carbonyl (C=O) groups is 1. The third kappa shape index (κ3) is 3.97. The van der Waals surface area contributed by atoms with Gasteiger partial charge in [0, 0.05) is 16.6 Å². The van der Waals surface area contributed by atoms with E-state index in [1.165, 1.54) is 19.3 Å². The van der Waals surface area contributed by atoms with E-state index in [9.17, 15) is 4.79 Å². The minimum Gasteiger partial charge on any atom is -0.335 e. The zero-order valence-corrected chi connectivity index (χ0v) is 10.7. The lowest BCUT2D eigenvalue weighted by molar-refractivity contribution is 0.244. The number of nitrogens with one attached hydrogen (secondary N) is 2. The van der Waals surface area contributed by atoms with Crippen LogP contribution in [0.4, 0.5) is 10.5 Å². The Kier molecular flexibility index (Phi) is 4.31. The van der Waals surface area contributed by atoms with Gasteiger partial charge in [0.25, 0.3) is 0 Å². The summed E-state index contributed by atoms with van der Waals surface area (Å²) in [6.07, 6.45) is 5.94. The van der Waals surface area contributed by atoms with Crippen molar-refractivity contribution in [1.82, 2.24) is 5.32 Å². The third-order valence-corrected chi connectivity index (χ3v) is 3.36. The van der Waals surface area contributed by atoms with Gasteiger partial charge < -0.3 is 10.6 Å². The van der Waals surface area contributed by atoms with Crippen molar-refractivity contribution in [3.05, 3.63) is 24.3 Å². The van der Waals surface area contributed by atoms with Crippen molar-refractivity contribution in [2.24, 2.45) is 0 Å². The van der Waals surface area contributed by atoms with Crippen LogP contribution in [0, 0.1) is 0 Å². The first kappa shape index (κ1) is 12.3. The number of urea groups is 1. The lowest BCUT2D eigenvalue weighted by Gasteiger charge is -2.22. The number of benzene rings is 1. The molecule has 4 heteroatoms. The van der Waals surface area contributed by atoms with Gasteiger partial charge >= 0.3 is 6.03 Å². The highest BCUT2D eigenvalue weighted by Crippen LogP contribution is 2.17. The summed E-state index contributed by atoms with van der Waals surface area (Å²) in [6, 6.07) is 7.65. The second kappa shape index (κ2) is 5.96. The maximum Gasteiger partial charge on any atom is 0.319 e. The molecule has 0 radical (unpaired) electrons. The fourth-order valence-corrected chi connectivity index (χ4v) is 2.29. The largest absolute Gasteiger partial charge is 0.335 e. The average molecular weight is 250 g/mol. The van der Waals surface area contributed by atoms with E-state index < -0.39 is 0 Å². The van der Waals surface area contributed by atoms with Crippen LogP contribution in [-0.2, 0) is 0 Å². The van der Waals surface area contributed by atoms with Crippen molar-refractivity contribution in [3.8, 4) is 0 Å². The van der Waals surface area contributed by atoms with Crippen LogP contribution >= 0.6 is 12.6 Å². The summed E-state index contributed by atoms with van der Waals surface area (Å²) < 4.78 is 0. The molecule has 0 spiro atoms. The normalized spacial score (nSPS) is 16.5. The van der Waals surface area contributed by atoms with Crippen molar-refractivity contribution >= 4 is 24.3 Å². The maximum absolute atomic E-state index is 11.7. The van der Waals surface area contributed by atoms with Crippen LogP contribution in [-0.4, -0.2) is 12.1 Å². The van der Waals surface area contributed by atoms with Crippen LogP contribution < -0.4 is 10.6 Å². The van der Waals surface area contributed by atoms with E-state index in [1.807, 2.05) is 24.3 Å². The minimum absolute atomic E-state index is 0.108. The first-order valence-corrected chi connectivity index (χ1v) is 6.55. The van der Waals surface area contributed by atoms with Gasteiger partial charge in [0.05, 0.1) is 0 Å². The van der Waals surface area contributed by atoms with Gasteiger partial charge in [0.15, 0.2) is 0 Å². The van der Waals surface area contributed by atoms with E-state index in [0.29, 0.717) is 6.04 Å². The molecule has 2 rings (SSSR count). The number of rotatable bonds is 2. The van der Waals surface area contributed by atoms with Crippen LogP contribution in [0.2, 0.25) is 0 Å². The summed E-state index contributed by atoms with van der Waals surface area (Å²) in [5, 5.41) is 5.85. The quantitative estimate of drug-likeness (QED) is 0.692. The molecule has 2 amide bonds. The van der Waals surface area contributed by atoms with Crippen molar-refractivity contribution in [2.45, 2.75) is 43.0 Å². The second-order valence-electron chi connectivity index (χ2n) is 4.48. The lowest BCUT2D eigenvalue weighted by Crippen LogP contribution is -2.38. The number of hydrogen-bond donors (Lipinski definition) is 3. The van der Waals surface area contributed by atoms with E-state index in [0.717, 1.165) is 23.4 Å². The highest BCUT2D eigenvalue weighted by Gasteiger charge is 2.15. The van der Waals surface area contributed by atoms with Crippen LogP contribution in [0.1, 0.15) is 32.1 Å². The van der Waals surface area contributed by atoms with Gasteiger partial charge in [-0.3, -0.25) is 0 Å². The Morgan fingerprint density at radius 2 is 1.76 bits per heavy atom. The molecular formula is C13H18N2OS. The van der Waals surface area contributed by atoms with Gasteiger partial charge in [-0.05, 0) is 37.1 Å². The van der Waals surface area contributed by atoms with Crippen LogP contribution in [0.25, 0.3) is 0 Å². The van der Waals surface area contributed by atoms with Crippen molar-refractivity contribution < 1.29 is 4.79 Å². The zero-order chi connectivity index (χ0) is 12.1. The highest BCUT2D eigenvalue weighted by atomic mass is 32.1. The number of carbonyl (C=O) groups excluding carboxylic acids is 1. The number of hydrogen-bond acceptors (Lipinski definition) is 2. The van der Waals surface area contributed by atoms with Crippen LogP contribution in [0.5, 0.6) is 0 Å². The molecule has 0 aliphatic heterocycles. The standard InChI is InChI=1S/C13H18N2OS/c16-13(14-10-4-2-1-3-5-10)15-11-6-8-12(17)9-7-11/h6-10,17H,1-5H2,(H2,14,15,16). The Hall–Kier alpha value is -1.16. The number of thiol groups is 1. The molecule has 92 valence electrons. The lowest BCUT2D eigenvalue weighted by atomic mass is 9.96. The molecular weight excluding hydrogens is 232 g/mol. The molecule has 2 N–H and O–H groups in total. The Labute approximate surface area is 107 Å². The zero-order valence-electron chi connectivity index (χ0n) is 9.78. The molecule has 1 aromatic carbocycles. The first-order chi connectivity index (χ1) is 8.24. The van der Waals surface area contributed by atoms with E-state index >= 15 is 0 Å². The first-order valence-electron chi connectivity index (χ1n) is 6.10. The van der Waals surface area contributed by atoms with Gasteiger partial charge in [0.1, 0.15) is 0 Å². The van der Waals surface area contributed by atoms with Gasteiger partial charge in [-0.1, -0.05) is 19.3 Å². The summed E-state index contributed by atoms with van der Waals surface area (Å²) in [5.41, 5.74) is 0.802. The Bertz CT molecular complexity index is 372. The van der Waals surface area contributed by atoms with Gasteiger partial charge in [-0.25, -0.2) is 4.79 Å². The summed E-state index contributed by atoms with van der Waals surface area (Å²) in [4.78, 5) is 12.6. The summed E-state index contributed by atoms with van der Waals surface area (Å²) in [7, 11) is 0. The van der Waals surface area contributed by atoms with E-state index in [2.05, 4.69) is 23.3 Å². The van der Waals surface area contributed by atoms with E-state index in [1.54, 1.807) is 0 Å². The SMILES string of the molecule is O=C(Nc1ccc(S)cc1)NC1CCCCC1. The van der Waals surface area contributed by atoms with Crippen LogP contribution in [0.3, 0.4) is 0 Å². The van der Waals surface area contributed by atoms with Gasteiger partial charge in [0.2, 0.25) is 0 Å². The summed E-state index contributed by atoms with van der Waals surface area (Å²) in [6.45, 7) is 0. The molecule has 1 fully saturated rings. The Morgan fingerprint density at radius 3 is 2.41 bits per heavy atom.